The van der Waals surface area contributed by atoms with Gasteiger partial charge in [0.25, 0.3) is 0 Å². The number of carbonyl (C=O) groups excluding carboxylic acids is 3. The van der Waals surface area contributed by atoms with E-state index in [0.717, 1.165) is 18.3 Å². The Kier molecular flexibility index (Phi) is 11.5. The third-order valence-electron chi connectivity index (χ3n) is 6.85. The van der Waals surface area contributed by atoms with Crippen molar-refractivity contribution in [2.45, 2.75) is 81.9 Å². The molecule has 0 radical (unpaired) electrons. The van der Waals surface area contributed by atoms with Gasteiger partial charge in [-0.15, -0.1) is 0 Å². The van der Waals surface area contributed by atoms with Gasteiger partial charge in [-0.1, -0.05) is 30.3 Å². The van der Waals surface area contributed by atoms with E-state index in [2.05, 4.69) is 15.6 Å². The highest BCUT2D eigenvalue weighted by molar-refractivity contribution is 5.96. The van der Waals surface area contributed by atoms with Gasteiger partial charge in [0.2, 0.25) is 17.7 Å². The molecule has 1 unspecified atom stereocenters. The highest BCUT2D eigenvalue weighted by atomic mass is 19.4. The fourth-order valence-electron chi connectivity index (χ4n) is 4.63. The van der Waals surface area contributed by atoms with Crippen LogP contribution < -0.4 is 16.0 Å². The molecule has 3 amide bonds. The lowest BCUT2D eigenvalue weighted by Gasteiger charge is -2.33. The molecule has 1 saturated carbocycles. The molecule has 1 aromatic heterocycles. The molecule has 44 heavy (non-hydrogen) atoms. The zero-order chi connectivity index (χ0) is 32.5. The molecule has 1 aliphatic carbocycles. The van der Waals surface area contributed by atoms with Crippen LogP contribution in [0.15, 0.2) is 48.7 Å². The third-order valence-corrected chi connectivity index (χ3v) is 6.85. The van der Waals surface area contributed by atoms with Gasteiger partial charge in [0.15, 0.2) is 0 Å². The van der Waals surface area contributed by atoms with Gasteiger partial charge in [-0.25, -0.2) is 18.6 Å². The Morgan fingerprint density at radius 1 is 0.955 bits per heavy atom. The van der Waals surface area contributed by atoms with Crippen LogP contribution in [0.4, 0.5) is 45.7 Å². The van der Waals surface area contributed by atoms with Crippen LogP contribution in [0.1, 0.15) is 62.1 Å². The average molecular weight is 639 g/mol. The van der Waals surface area contributed by atoms with E-state index < -0.39 is 86.3 Å². The minimum Gasteiger partial charge on any atom is -0.445 e. The van der Waals surface area contributed by atoms with Gasteiger partial charge in [0.05, 0.1) is 18.9 Å². The summed E-state index contributed by atoms with van der Waals surface area (Å²) in [5.41, 5.74) is 0.415. The molecular weight excluding hydrogens is 608 g/mol. The molecule has 0 spiro atoms. The van der Waals surface area contributed by atoms with E-state index >= 15 is 0 Å². The molecule has 242 valence electrons. The molecule has 0 saturated heterocycles. The second-order valence-corrected chi connectivity index (χ2v) is 10.4. The van der Waals surface area contributed by atoms with Gasteiger partial charge >= 0.3 is 18.4 Å². The number of nitrogens with one attached hydrogen (secondary N) is 3. The molecule has 2 atom stereocenters. The molecule has 3 rings (SSSR count). The molecule has 0 bridgehead atoms. The smallest absolute Gasteiger partial charge is 0.408 e. The summed E-state index contributed by atoms with van der Waals surface area (Å²) in [4.78, 5) is 41.7. The summed E-state index contributed by atoms with van der Waals surface area (Å²) in [6.07, 6.45) is -15.1. The van der Waals surface area contributed by atoms with E-state index in [4.69, 9.17) is 4.74 Å². The lowest BCUT2D eigenvalue weighted by molar-refractivity contribution is -0.149. The third kappa shape index (κ3) is 12.0. The molecule has 0 aliphatic heterocycles. The SMILES string of the molecule is O=C(CCC(F)(F)F)NC(CC(F)(F)F)c1ccnc(NC(=O)[C@@H](NC(=O)OCc2ccccc2)C2CCC(F)(F)CC2)c1. The Balaban J connectivity index is 1.75. The second-order valence-electron chi connectivity index (χ2n) is 10.4. The molecule has 1 aromatic carbocycles. The monoisotopic (exact) mass is 638 g/mol. The van der Waals surface area contributed by atoms with Crippen LogP contribution in [0.25, 0.3) is 0 Å². The van der Waals surface area contributed by atoms with E-state index in [-0.39, 0.29) is 30.8 Å². The molecule has 3 N–H and O–H groups in total. The minimum absolute atomic E-state index is 0.130. The lowest BCUT2D eigenvalue weighted by Crippen LogP contribution is -2.50. The van der Waals surface area contributed by atoms with Gasteiger partial charge in [-0.05, 0) is 42.0 Å². The maximum Gasteiger partial charge on any atom is 0.408 e. The molecule has 1 heterocycles. The van der Waals surface area contributed by atoms with Gasteiger partial charge in [-0.3, -0.25) is 9.59 Å². The van der Waals surface area contributed by atoms with Crippen molar-refractivity contribution < 1.29 is 54.2 Å². The van der Waals surface area contributed by atoms with Crippen LogP contribution in [-0.4, -0.2) is 47.2 Å². The van der Waals surface area contributed by atoms with E-state index in [9.17, 15) is 49.5 Å². The van der Waals surface area contributed by atoms with Crippen LogP contribution in [0, 0.1) is 5.92 Å². The molecule has 16 heteroatoms. The largest absolute Gasteiger partial charge is 0.445 e. The summed E-state index contributed by atoms with van der Waals surface area (Å²) in [6.45, 7) is -0.150. The normalized spacial score (nSPS) is 16.8. The number of alkyl carbamates (subject to hydrolysis) is 1. The molecule has 8 nitrogen and oxygen atoms in total. The molecule has 1 aliphatic rings. The van der Waals surface area contributed by atoms with Gasteiger partial charge < -0.3 is 20.7 Å². The quantitative estimate of drug-likeness (QED) is 0.241. The summed E-state index contributed by atoms with van der Waals surface area (Å²) in [7, 11) is 0. The first-order valence-corrected chi connectivity index (χ1v) is 13.5. The summed E-state index contributed by atoms with van der Waals surface area (Å²) in [5, 5.41) is 6.66. The first kappa shape index (κ1) is 34.5. The Hall–Kier alpha value is -3.98. The average Bonchev–Trinajstić information content (AvgIpc) is 2.93. The number of hydrogen-bond donors (Lipinski definition) is 3. The number of rotatable bonds is 11. The standard InChI is InChI=1S/C28H30F8N4O4/c29-26(30)10-6-18(7-11-26)23(40-25(43)44-16-17-4-2-1-3-5-17)24(42)39-21-14-19(9-13-37-21)20(15-28(34,35)36)38-22(41)8-12-27(31,32)33/h1-5,9,13-14,18,20,23H,6-8,10-12,15-16H2,(H,38,41)(H,40,43)(H,37,39,42)/t20?,23-/m0/s1. The van der Waals surface area contributed by atoms with Gasteiger partial charge in [0, 0.05) is 25.5 Å². The Bertz CT molecular complexity index is 1260. The van der Waals surface area contributed by atoms with Crippen molar-refractivity contribution in [2.24, 2.45) is 5.92 Å². The fourth-order valence-corrected chi connectivity index (χ4v) is 4.63. The van der Waals surface area contributed by atoms with Crippen LogP contribution in [-0.2, 0) is 20.9 Å². The zero-order valence-electron chi connectivity index (χ0n) is 23.1. The number of halogens is 8. The highest BCUT2D eigenvalue weighted by Crippen LogP contribution is 2.38. The number of nitrogens with zero attached hydrogens (tertiary/aromatic N) is 1. The number of aromatic nitrogens is 1. The van der Waals surface area contributed by atoms with E-state index in [1.807, 2.05) is 5.32 Å². The molecular formula is C28H30F8N4O4. The van der Waals surface area contributed by atoms with Crippen molar-refractivity contribution >= 4 is 23.7 Å². The van der Waals surface area contributed by atoms with Crippen LogP contribution in [0.2, 0.25) is 0 Å². The molecule has 1 fully saturated rings. The van der Waals surface area contributed by atoms with Gasteiger partial charge in [-0.2, -0.15) is 26.3 Å². The van der Waals surface area contributed by atoms with Crippen molar-refractivity contribution in [2.75, 3.05) is 5.32 Å². The predicted molar refractivity (Wildman–Crippen MR) is 140 cm³/mol. The number of hydrogen-bond acceptors (Lipinski definition) is 5. The van der Waals surface area contributed by atoms with E-state index in [1.54, 1.807) is 30.3 Å². The Labute approximate surface area is 246 Å². The topological polar surface area (TPSA) is 109 Å². The second kappa shape index (κ2) is 14.7. The van der Waals surface area contributed by atoms with E-state index in [1.165, 1.54) is 0 Å². The number of amides is 3. The number of alkyl halides is 8. The van der Waals surface area contributed by atoms with Crippen LogP contribution in [0.5, 0.6) is 0 Å². The minimum atomic E-state index is -4.83. The van der Waals surface area contributed by atoms with Crippen molar-refractivity contribution in [3.63, 3.8) is 0 Å². The molecule has 2 aromatic rings. The number of anilines is 1. The first-order valence-electron chi connectivity index (χ1n) is 13.5. The van der Waals surface area contributed by atoms with Crippen LogP contribution >= 0.6 is 0 Å². The van der Waals surface area contributed by atoms with Crippen molar-refractivity contribution in [3.8, 4) is 0 Å². The number of pyridine rings is 1. The van der Waals surface area contributed by atoms with E-state index in [0.29, 0.717) is 5.56 Å². The number of benzene rings is 1. The summed E-state index contributed by atoms with van der Waals surface area (Å²) in [5.74, 6) is -6.18. The summed E-state index contributed by atoms with van der Waals surface area (Å²) in [6, 6.07) is 7.42. The number of ether oxygens (including phenoxy) is 1. The van der Waals surface area contributed by atoms with Crippen molar-refractivity contribution in [1.82, 2.24) is 15.6 Å². The fraction of sp³-hybridized carbons (Fsp3) is 0.500. The summed E-state index contributed by atoms with van der Waals surface area (Å²) < 4.78 is 110. The van der Waals surface area contributed by atoms with Crippen molar-refractivity contribution in [1.29, 1.82) is 0 Å². The Morgan fingerprint density at radius 2 is 1.61 bits per heavy atom. The maximum absolute atomic E-state index is 13.8. The maximum atomic E-state index is 13.8. The number of carbonyl (C=O) groups is 3. The van der Waals surface area contributed by atoms with Crippen LogP contribution in [0.3, 0.4) is 0 Å². The summed E-state index contributed by atoms with van der Waals surface area (Å²) >= 11 is 0. The Morgan fingerprint density at radius 3 is 2.23 bits per heavy atom. The van der Waals surface area contributed by atoms with Crippen molar-refractivity contribution in [3.05, 3.63) is 59.8 Å². The zero-order valence-corrected chi connectivity index (χ0v) is 23.1. The van der Waals surface area contributed by atoms with Gasteiger partial charge in [0.1, 0.15) is 18.5 Å². The highest BCUT2D eigenvalue weighted by Gasteiger charge is 2.41. The lowest BCUT2D eigenvalue weighted by atomic mass is 9.81. The predicted octanol–water partition coefficient (Wildman–Crippen LogP) is 6.59. The first-order chi connectivity index (χ1) is 20.5.